The quantitative estimate of drug-likeness (QED) is 0.710. The largest absolute Gasteiger partial charge is 0.398 e. The standard InChI is InChI=1S/C17H21N5/c1-11-12(6-5-7-13(11)18)14-10-22-9-8-19-16(22)15(20-14)21-17(2,3)4/h5-10H,18H2,1-4H3,(H,20,21). The highest BCUT2D eigenvalue weighted by atomic mass is 15.1. The van der Waals surface area contributed by atoms with E-state index in [9.17, 15) is 0 Å². The van der Waals surface area contributed by atoms with Crippen LogP contribution < -0.4 is 11.1 Å². The van der Waals surface area contributed by atoms with Gasteiger partial charge in [-0.05, 0) is 39.3 Å². The van der Waals surface area contributed by atoms with Crippen LogP contribution in [0.5, 0.6) is 0 Å². The molecule has 0 fully saturated rings. The molecule has 2 aromatic heterocycles. The minimum absolute atomic E-state index is 0.0944. The van der Waals surface area contributed by atoms with E-state index >= 15 is 0 Å². The second-order valence-corrected chi connectivity index (χ2v) is 6.53. The third kappa shape index (κ3) is 2.62. The number of fused-ring (bicyclic) bond motifs is 1. The van der Waals surface area contributed by atoms with Crippen LogP contribution in [0.15, 0.2) is 36.8 Å². The molecule has 3 rings (SSSR count). The molecule has 3 aromatic rings. The summed E-state index contributed by atoms with van der Waals surface area (Å²) >= 11 is 0. The second-order valence-electron chi connectivity index (χ2n) is 6.53. The Labute approximate surface area is 130 Å². The first kappa shape index (κ1) is 14.4. The van der Waals surface area contributed by atoms with Crippen molar-refractivity contribution in [3.8, 4) is 11.3 Å². The molecule has 0 bridgehead atoms. The molecule has 0 unspecified atom stereocenters. The zero-order chi connectivity index (χ0) is 15.9. The molecule has 0 atom stereocenters. The van der Waals surface area contributed by atoms with Gasteiger partial charge in [-0.1, -0.05) is 12.1 Å². The summed E-state index contributed by atoms with van der Waals surface area (Å²) in [6, 6.07) is 5.90. The Hall–Kier alpha value is -2.56. The molecule has 5 nitrogen and oxygen atoms in total. The fraction of sp³-hybridized carbons (Fsp3) is 0.294. The molecule has 3 N–H and O–H groups in total. The molecule has 0 saturated carbocycles. The highest BCUT2D eigenvalue weighted by Crippen LogP contribution is 2.28. The van der Waals surface area contributed by atoms with E-state index in [0.29, 0.717) is 0 Å². The van der Waals surface area contributed by atoms with E-state index < -0.39 is 0 Å². The zero-order valence-corrected chi connectivity index (χ0v) is 13.4. The normalized spacial score (nSPS) is 11.8. The fourth-order valence-electron chi connectivity index (χ4n) is 2.43. The van der Waals surface area contributed by atoms with Crippen LogP contribution in [0.25, 0.3) is 16.9 Å². The van der Waals surface area contributed by atoms with Crippen molar-refractivity contribution in [3.05, 3.63) is 42.4 Å². The topological polar surface area (TPSA) is 68.2 Å². The van der Waals surface area contributed by atoms with Gasteiger partial charge in [0.2, 0.25) is 0 Å². The lowest BCUT2D eigenvalue weighted by atomic mass is 10.0. The highest BCUT2D eigenvalue weighted by Gasteiger charge is 2.16. The first-order chi connectivity index (χ1) is 10.3. The third-order valence-corrected chi connectivity index (χ3v) is 3.52. The highest BCUT2D eigenvalue weighted by molar-refractivity contribution is 5.74. The average Bonchev–Trinajstić information content (AvgIpc) is 2.88. The summed E-state index contributed by atoms with van der Waals surface area (Å²) in [4.78, 5) is 9.17. The van der Waals surface area contributed by atoms with Crippen LogP contribution in [0.1, 0.15) is 26.3 Å². The summed E-state index contributed by atoms with van der Waals surface area (Å²) in [7, 11) is 0. The van der Waals surface area contributed by atoms with Gasteiger partial charge in [0.1, 0.15) is 0 Å². The number of nitrogen functional groups attached to an aromatic ring is 1. The van der Waals surface area contributed by atoms with Crippen LogP contribution in [0, 0.1) is 6.92 Å². The zero-order valence-electron chi connectivity index (χ0n) is 13.4. The predicted molar refractivity (Wildman–Crippen MR) is 90.9 cm³/mol. The Morgan fingerprint density at radius 3 is 2.73 bits per heavy atom. The number of nitrogens with two attached hydrogens (primary N) is 1. The summed E-state index contributed by atoms with van der Waals surface area (Å²) in [5.74, 6) is 0.775. The van der Waals surface area contributed by atoms with Gasteiger partial charge in [-0.3, -0.25) is 0 Å². The maximum absolute atomic E-state index is 6.03. The molecular weight excluding hydrogens is 274 g/mol. The van der Waals surface area contributed by atoms with Gasteiger partial charge in [0, 0.05) is 35.4 Å². The van der Waals surface area contributed by atoms with Crippen molar-refractivity contribution in [3.63, 3.8) is 0 Å². The van der Waals surface area contributed by atoms with E-state index in [-0.39, 0.29) is 5.54 Å². The SMILES string of the molecule is Cc1c(N)cccc1-c1cn2ccnc2c(NC(C)(C)C)n1. The number of nitrogens with zero attached hydrogens (tertiary/aromatic N) is 3. The Bertz CT molecular complexity index is 827. The molecule has 22 heavy (non-hydrogen) atoms. The van der Waals surface area contributed by atoms with Crippen molar-refractivity contribution >= 4 is 17.2 Å². The van der Waals surface area contributed by atoms with Gasteiger partial charge < -0.3 is 15.5 Å². The number of hydrogen-bond donors (Lipinski definition) is 2. The molecule has 0 spiro atoms. The Morgan fingerprint density at radius 1 is 1.23 bits per heavy atom. The van der Waals surface area contributed by atoms with Gasteiger partial charge in [0.05, 0.1) is 5.69 Å². The fourth-order valence-corrected chi connectivity index (χ4v) is 2.43. The van der Waals surface area contributed by atoms with E-state index in [4.69, 9.17) is 10.7 Å². The van der Waals surface area contributed by atoms with Gasteiger partial charge in [-0.15, -0.1) is 0 Å². The lowest BCUT2D eigenvalue weighted by molar-refractivity contribution is 0.630. The number of hydrogen-bond acceptors (Lipinski definition) is 4. The van der Waals surface area contributed by atoms with E-state index in [1.165, 1.54) is 0 Å². The number of anilines is 2. The molecular formula is C17H21N5. The molecule has 114 valence electrons. The van der Waals surface area contributed by atoms with Crippen LogP contribution >= 0.6 is 0 Å². The van der Waals surface area contributed by atoms with Crippen molar-refractivity contribution in [1.29, 1.82) is 0 Å². The number of benzene rings is 1. The Balaban J connectivity index is 2.21. The number of imidazole rings is 1. The molecule has 1 aromatic carbocycles. The van der Waals surface area contributed by atoms with Crippen LogP contribution in [0.2, 0.25) is 0 Å². The smallest absolute Gasteiger partial charge is 0.180 e. The number of nitrogens with one attached hydrogen (secondary N) is 1. The van der Waals surface area contributed by atoms with Crippen LogP contribution in [0.4, 0.5) is 11.5 Å². The minimum Gasteiger partial charge on any atom is -0.398 e. The summed E-state index contributed by atoms with van der Waals surface area (Å²) in [5.41, 5.74) is 10.5. The van der Waals surface area contributed by atoms with E-state index in [0.717, 1.165) is 34.0 Å². The van der Waals surface area contributed by atoms with Crippen molar-refractivity contribution in [1.82, 2.24) is 14.4 Å². The molecule has 0 saturated heterocycles. The maximum atomic E-state index is 6.03. The number of aromatic nitrogens is 3. The van der Waals surface area contributed by atoms with Gasteiger partial charge in [-0.25, -0.2) is 9.97 Å². The minimum atomic E-state index is -0.0944. The van der Waals surface area contributed by atoms with E-state index in [2.05, 4.69) is 31.1 Å². The Kier molecular flexibility index (Phi) is 3.28. The van der Waals surface area contributed by atoms with E-state index in [1.807, 2.05) is 41.9 Å². The maximum Gasteiger partial charge on any atom is 0.180 e. The monoisotopic (exact) mass is 295 g/mol. The van der Waals surface area contributed by atoms with E-state index in [1.54, 1.807) is 6.20 Å². The molecule has 5 heteroatoms. The summed E-state index contributed by atoms with van der Waals surface area (Å²) in [6.45, 7) is 8.33. The van der Waals surface area contributed by atoms with Crippen molar-refractivity contribution < 1.29 is 0 Å². The Morgan fingerprint density at radius 2 is 2.00 bits per heavy atom. The molecule has 0 aliphatic carbocycles. The van der Waals surface area contributed by atoms with Crippen LogP contribution in [0.3, 0.4) is 0 Å². The third-order valence-electron chi connectivity index (χ3n) is 3.52. The van der Waals surface area contributed by atoms with Crippen LogP contribution in [-0.2, 0) is 0 Å². The van der Waals surface area contributed by atoms with Crippen LogP contribution in [-0.4, -0.2) is 19.9 Å². The first-order valence-electron chi connectivity index (χ1n) is 7.32. The van der Waals surface area contributed by atoms with Crippen molar-refractivity contribution in [2.45, 2.75) is 33.2 Å². The lowest BCUT2D eigenvalue weighted by Gasteiger charge is -2.22. The second kappa shape index (κ2) is 5.02. The molecule has 0 radical (unpaired) electrons. The first-order valence-corrected chi connectivity index (χ1v) is 7.32. The van der Waals surface area contributed by atoms with Crippen molar-refractivity contribution in [2.75, 3.05) is 11.1 Å². The average molecular weight is 295 g/mol. The summed E-state index contributed by atoms with van der Waals surface area (Å²) in [6.07, 6.45) is 5.69. The van der Waals surface area contributed by atoms with Crippen molar-refractivity contribution in [2.24, 2.45) is 0 Å². The lowest BCUT2D eigenvalue weighted by Crippen LogP contribution is -2.27. The summed E-state index contributed by atoms with van der Waals surface area (Å²) < 4.78 is 1.99. The van der Waals surface area contributed by atoms with Gasteiger partial charge in [0.15, 0.2) is 11.5 Å². The molecule has 2 heterocycles. The van der Waals surface area contributed by atoms with Gasteiger partial charge >= 0.3 is 0 Å². The summed E-state index contributed by atoms with van der Waals surface area (Å²) in [5, 5.41) is 3.43. The predicted octanol–water partition coefficient (Wildman–Crippen LogP) is 3.50. The molecule has 0 aliphatic rings. The van der Waals surface area contributed by atoms with Gasteiger partial charge in [-0.2, -0.15) is 0 Å². The number of rotatable bonds is 2. The van der Waals surface area contributed by atoms with Gasteiger partial charge in [0.25, 0.3) is 0 Å². The molecule has 0 aliphatic heterocycles. The molecule has 0 amide bonds.